The fraction of sp³-hybridized carbons (Fsp3) is 0.848. The number of carbonyl (C=O) groups is 3. The van der Waals surface area contributed by atoms with Gasteiger partial charge < -0.3 is 14.3 Å². The van der Waals surface area contributed by atoms with Crippen LogP contribution >= 0.6 is 0 Å². The highest BCUT2D eigenvalue weighted by Crippen LogP contribution is 2.79. The molecule has 11 atom stereocenters. The van der Waals surface area contributed by atoms with Crippen molar-refractivity contribution in [3.05, 3.63) is 12.2 Å². The van der Waals surface area contributed by atoms with Gasteiger partial charge in [-0.15, -0.1) is 0 Å². The topological polar surface area (TPSA) is 69.7 Å². The molecule has 0 heterocycles. The van der Waals surface area contributed by atoms with E-state index in [0.29, 0.717) is 23.7 Å². The zero-order chi connectivity index (χ0) is 28.1. The van der Waals surface area contributed by atoms with Crippen molar-refractivity contribution in [2.75, 3.05) is 7.11 Å². The lowest BCUT2D eigenvalue weighted by Crippen LogP contribution is -2.65. The minimum absolute atomic E-state index is 0.0148. The number of hydrogen-bond acceptors (Lipinski definition) is 5. The predicted molar refractivity (Wildman–Crippen MR) is 147 cm³/mol. The van der Waals surface area contributed by atoms with Crippen LogP contribution in [0.15, 0.2) is 12.2 Å². The average molecular weight is 527 g/mol. The molecule has 0 amide bonds. The summed E-state index contributed by atoms with van der Waals surface area (Å²) in [5.41, 5.74) is 0.417. The summed E-state index contributed by atoms with van der Waals surface area (Å²) in [5, 5.41) is 0. The van der Waals surface area contributed by atoms with Crippen molar-refractivity contribution in [2.24, 2.45) is 62.6 Å². The SMILES string of the molecule is C=C(C)[C@@H]1CC[C@]2(C(=O)OC)CC[C@]3(C)[C@H](CC[C@@H]4[C@@]5(C)C(C=O)C(OC(C)=O)C(C)(C)[C@@H]5CC[C@]43C)[C@@H]12. The Balaban J connectivity index is 1.59. The summed E-state index contributed by atoms with van der Waals surface area (Å²) in [6, 6.07) is 0. The molecule has 0 radical (unpaired) electrons. The van der Waals surface area contributed by atoms with E-state index < -0.39 is 5.41 Å². The molecule has 5 nitrogen and oxygen atoms in total. The molecule has 0 spiro atoms. The van der Waals surface area contributed by atoms with Crippen LogP contribution in [0.2, 0.25) is 0 Å². The zero-order valence-electron chi connectivity index (χ0n) is 25.0. The van der Waals surface area contributed by atoms with Crippen LogP contribution in [0, 0.1) is 62.6 Å². The molecule has 0 aliphatic heterocycles. The second-order valence-electron chi connectivity index (χ2n) is 15.2. The Morgan fingerprint density at radius 2 is 1.55 bits per heavy atom. The van der Waals surface area contributed by atoms with Gasteiger partial charge in [0.1, 0.15) is 12.4 Å². The van der Waals surface area contributed by atoms with Crippen LogP contribution in [0.3, 0.4) is 0 Å². The number of rotatable bonds is 4. The summed E-state index contributed by atoms with van der Waals surface area (Å²) in [6.07, 6.45) is 8.82. The van der Waals surface area contributed by atoms with Crippen LogP contribution in [-0.2, 0) is 23.9 Å². The Hall–Kier alpha value is -1.65. The van der Waals surface area contributed by atoms with E-state index in [0.717, 1.165) is 57.7 Å². The third-order valence-electron chi connectivity index (χ3n) is 13.9. The smallest absolute Gasteiger partial charge is 0.312 e. The predicted octanol–water partition coefficient (Wildman–Crippen LogP) is 6.78. The normalized spacial score (nSPS) is 50.6. The second kappa shape index (κ2) is 8.67. The zero-order valence-corrected chi connectivity index (χ0v) is 25.0. The van der Waals surface area contributed by atoms with Crippen LogP contribution in [0.4, 0.5) is 0 Å². The quantitative estimate of drug-likeness (QED) is 0.229. The number of methoxy groups -OCH3 is 1. The van der Waals surface area contributed by atoms with Gasteiger partial charge in [-0.25, -0.2) is 0 Å². The van der Waals surface area contributed by atoms with Crippen molar-refractivity contribution in [3.63, 3.8) is 0 Å². The van der Waals surface area contributed by atoms with E-state index in [1.807, 2.05) is 0 Å². The molecule has 0 aromatic carbocycles. The molecular weight excluding hydrogens is 476 g/mol. The molecule has 5 aliphatic carbocycles. The summed E-state index contributed by atoms with van der Waals surface area (Å²) >= 11 is 0. The van der Waals surface area contributed by atoms with Crippen LogP contribution in [-0.4, -0.2) is 31.4 Å². The summed E-state index contributed by atoms with van der Waals surface area (Å²) in [6.45, 7) is 19.8. The van der Waals surface area contributed by atoms with E-state index in [-0.39, 0.29) is 51.5 Å². The summed E-state index contributed by atoms with van der Waals surface area (Å²) < 4.78 is 11.4. The van der Waals surface area contributed by atoms with Gasteiger partial charge in [-0.1, -0.05) is 46.8 Å². The molecule has 5 saturated carbocycles. The monoisotopic (exact) mass is 526 g/mol. The number of hydrogen-bond donors (Lipinski definition) is 0. The second-order valence-corrected chi connectivity index (χ2v) is 15.2. The molecule has 5 rings (SSSR count). The molecule has 2 unspecified atom stereocenters. The van der Waals surface area contributed by atoms with E-state index in [1.54, 1.807) is 7.11 Å². The van der Waals surface area contributed by atoms with Crippen molar-refractivity contribution < 1.29 is 23.9 Å². The maximum atomic E-state index is 13.4. The molecular formula is C33H50O5. The van der Waals surface area contributed by atoms with E-state index in [2.05, 4.69) is 48.1 Å². The van der Waals surface area contributed by atoms with Gasteiger partial charge in [-0.3, -0.25) is 9.59 Å². The summed E-state index contributed by atoms with van der Waals surface area (Å²) in [5.74, 6) is 1.11. The van der Waals surface area contributed by atoms with E-state index in [4.69, 9.17) is 9.47 Å². The Labute approximate surface area is 229 Å². The van der Waals surface area contributed by atoms with Gasteiger partial charge in [0.2, 0.25) is 0 Å². The summed E-state index contributed by atoms with van der Waals surface area (Å²) in [7, 11) is 1.55. The van der Waals surface area contributed by atoms with Crippen LogP contribution in [0.5, 0.6) is 0 Å². The maximum absolute atomic E-state index is 13.4. The molecule has 0 N–H and O–H groups in total. The number of aldehydes is 1. The molecule has 0 aromatic rings. The summed E-state index contributed by atoms with van der Waals surface area (Å²) in [4.78, 5) is 38.4. The van der Waals surface area contributed by atoms with Gasteiger partial charge in [-0.2, -0.15) is 0 Å². The first kappa shape index (κ1) is 27.9. The highest BCUT2D eigenvalue weighted by molar-refractivity contribution is 5.78. The van der Waals surface area contributed by atoms with Gasteiger partial charge in [0.15, 0.2) is 0 Å². The maximum Gasteiger partial charge on any atom is 0.312 e. The van der Waals surface area contributed by atoms with Gasteiger partial charge in [-0.05, 0) is 104 Å². The Morgan fingerprint density at radius 1 is 0.868 bits per heavy atom. The minimum Gasteiger partial charge on any atom is -0.469 e. The lowest BCUT2D eigenvalue weighted by molar-refractivity contribution is -0.226. The molecule has 5 heteroatoms. The first-order chi connectivity index (χ1) is 17.7. The van der Waals surface area contributed by atoms with E-state index in [1.165, 1.54) is 12.5 Å². The highest BCUT2D eigenvalue weighted by Gasteiger charge is 2.75. The average Bonchev–Trinajstić information content (AvgIpc) is 3.31. The molecule has 5 aliphatic rings. The third kappa shape index (κ3) is 3.20. The number of ether oxygens (including phenoxy) is 2. The lowest BCUT2D eigenvalue weighted by atomic mass is 9.34. The van der Waals surface area contributed by atoms with E-state index in [9.17, 15) is 14.4 Å². The van der Waals surface area contributed by atoms with Crippen LogP contribution < -0.4 is 0 Å². The molecule has 212 valence electrons. The molecule has 0 bridgehead atoms. The fourth-order valence-electron chi connectivity index (χ4n) is 12.2. The van der Waals surface area contributed by atoms with E-state index >= 15 is 0 Å². The Morgan fingerprint density at radius 3 is 2.13 bits per heavy atom. The van der Waals surface area contributed by atoms with Crippen molar-refractivity contribution in [1.82, 2.24) is 0 Å². The number of allylic oxidation sites excluding steroid dienone is 1. The lowest BCUT2D eigenvalue weighted by Gasteiger charge is -2.70. The van der Waals surface area contributed by atoms with Gasteiger partial charge in [0.05, 0.1) is 18.4 Å². The van der Waals surface area contributed by atoms with Crippen LogP contribution in [0.25, 0.3) is 0 Å². The van der Waals surface area contributed by atoms with Crippen LogP contribution in [0.1, 0.15) is 99.8 Å². The number of carbonyl (C=O) groups excluding carboxylic acids is 3. The van der Waals surface area contributed by atoms with Crippen molar-refractivity contribution in [1.29, 1.82) is 0 Å². The molecule has 0 saturated heterocycles. The van der Waals surface area contributed by atoms with Crippen molar-refractivity contribution >= 4 is 18.2 Å². The van der Waals surface area contributed by atoms with Gasteiger partial charge in [0, 0.05) is 12.3 Å². The number of fused-ring (bicyclic) bond motifs is 7. The number of esters is 2. The first-order valence-corrected chi connectivity index (χ1v) is 15.0. The Bertz CT molecular complexity index is 1050. The van der Waals surface area contributed by atoms with Crippen molar-refractivity contribution in [3.8, 4) is 0 Å². The standard InChI is InChI=1S/C33H50O5/c1-19(2)21-12-15-33(28(36)37-9)17-16-30(6)22(26(21)33)10-11-25-31(30,7)14-13-24-29(4,5)27(38-20(3)35)23(18-34)32(24,25)8/h18,21-27H,1,10-17H2,2-9H3/t21-,22+,23?,24-,25-,26+,27?,30+,31+,32-,33-/m0/s1. The third-order valence-corrected chi connectivity index (χ3v) is 13.9. The highest BCUT2D eigenvalue weighted by atomic mass is 16.5. The molecule has 5 fully saturated rings. The largest absolute Gasteiger partial charge is 0.469 e. The fourth-order valence-corrected chi connectivity index (χ4v) is 12.2. The van der Waals surface area contributed by atoms with Gasteiger partial charge in [0.25, 0.3) is 0 Å². The Kier molecular flexibility index (Phi) is 6.37. The first-order valence-electron chi connectivity index (χ1n) is 15.0. The van der Waals surface area contributed by atoms with Crippen molar-refractivity contribution in [2.45, 2.75) is 106 Å². The van der Waals surface area contributed by atoms with Gasteiger partial charge >= 0.3 is 11.9 Å². The minimum atomic E-state index is -0.395. The molecule has 0 aromatic heterocycles. The molecule has 38 heavy (non-hydrogen) atoms.